The van der Waals surface area contributed by atoms with Crippen molar-refractivity contribution in [2.45, 2.75) is 13.3 Å². The summed E-state index contributed by atoms with van der Waals surface area (Å²) in [5, 5.41) is 0. The number of sulfonamides is 1. The van der Waals surface area contributed by atoms with Gasteiger partial charge in [0.15, 0.2) is 0 Å². The Labute approximate surface area is 142 Å². The van der Waals surface area contributed by atoms with Gasteiger partial charge >= 0.3 is 0 Å². The molecule has 3 rings (SSSR count). The number of nitrogens with zero attached hydrogens (tertiary/aromatic N) is 2. The van der Waals surface area contributed by atoms with E-state index in [2.05, 4.69) is 0 Å². The first kappa shape index (κ1) is 16.5. The van der Waals surface area contributed by atoms with E-state index in [4.69, 9.17) is 0 Å². The molecule has 126 valence electrons. The number of fused-ring (bicyclic) bond motifs is 1. The van der Waals surface area contributed by atoms with Crippen LogP contribution in [0.2, 0.25) is 0 Å². The van der Waals surface area contributed by atoms with E-state index in [9.17, 15) is 13.2 Å². The van der Waals surface area contributed by atoms with Gasteiger partial charge in [0.1, 0.15) is 0 Å². The highest BCUT2D eigenvalue weighted by Crippen LogP contribution is 2.31. The fraction of sp³-hybridized carbons (Fsp3) is 0.278. The van der Waals surface area contributed by atoms with Gasteiger partial charge in [0.25, 0.3) is 5.91 Å². The van der Waals surface area contributed by atoms with Crippen LogP contribution >= 0.6 is 0 Å². The molecule has 1 amide bonds. The van der Waals surface area contributed by atoms with Crippen molar-refractivity contribution in [1.82, 2.24) is 0 Å². The van der Waals surface area contributed by atoms with Crippen LogP contribution in [-0.4, -0.2) is 34.2 Å². The molecule has 1 heterocycles. The molecule has 0 spiro atoms. The first-order valence-corrected chi connectivity index (χ1v) is 9.58. The molecular weight excluding hydrogens is 324 g/mol. The van der Waals surface area contributed by atoms with Crippen molar-refractivity contribution >= 4 is 27.3 Å². The summed E-state index contributed by atoms with van der Waals surface area (Å²) in [7, 11) is -1.60. The molecule has 0 atom stereocenters. The van der Waals surface area contributed by atoms with Crippen molar-refractivity contribution in [1.29, 1.82) is 0 Å². The average Bonchev–Trinajstić information content (AvgIpc) is 2.97. The molecule has 2 aromatic rings. The number of aryl methyl sites for hydroxylation is 1. The summed E-state index contributed by atoms with van der Waals surface area (Å²) < 4.78 is 25.2. The highest BCUT2D eigenvalue weighted by Gasteiger charge is 2.27. The van der Waals surface area contributed by atoms with Crippen molar-refractivity contribution in [3.8, 4) is 0 Å². The molecule has 5 nitrogen and oxygen atoms in total. The second-order valence-corrected chi connectivity index (χ2v) is 7.99. The molecule has 0 unspecified atom stereocenters. The van der Waals surface area contributed by atoms with E-state index in [0.717, 1.165) is 16.8 Å². The normalized spacial score (nSPS) is 13.7. The van der Waals surface area contributed by atoms with Crippen LogP contribution in [0.5, 0.6) is 0 Å². The van der Waals surface area contributed by atoms with E-state index >= 15 is 0 Å². The first-order valence-electron chi connectivity index (χ1n) is 7.73. The average molecular weight is 344 g/mol. The Hall–Kier alpha value is -2.34. The smallest absolute Gasteiger partial charge is 0.258 e. The number of hydrogen-bond acceptors (Lipinski definition) is 3. The van der Waals surface area contributed by atoms with Crippen LogP contribution in [0.1, 0.15) is 21.5 Å². The standard InChI is InChI=1S/C18H20N2O3S/c1-13-6-4-5-7-16(13)19(2)18(21)15-9-8-14-10-11-20(17(14)12-15)24(3,22)23/h4-9,12H,10-11H2,1-3H3. The summed E-state index contributed by atoms with van der Waals surface area (Å²) in [6.45, 7) is 2.38. The molecule has 1 aliphatic rings. The SMILES string of the molecule is Cc1ccccc1N(C)C(=O)c1ccc2c(c1)N(S(C)(=O)=O)CC2. The molecule has 0 aromatic heterocycles. The molecule has 0 radical (unpaired) electrons. The number of benzene rings is 2. The molecule has 0 fully saturated rings. The van der Waals surface area contributed by atoms with Gasteiger partial charge in [-0.2, -0.15) is 0 Å². The largest absolute Gasteiger partial charge is 0.311 e. The van der Waals surface area contributed by atoms with E-state index in [-0.39, 0.29) is 5.91 Å². The van der Waals surface area contributed by atoms with Crippen LogP contribution in [-0.2, 0) is 16.4 Å². The third-order valence-electron chi connectivity index (χ3n) is 4.37. The van der Waals surface area contributed by atoms with Crippen molar-refractivity contribution in [2.24, 2.45) is 0 Å². The number of carbonyl (C=O) groups is 1. The van der Waals surface area contributed by atoms with E-state index in [0.29, 0.717) is 24.2 Å². The van der Waals surface area contributed by atoms with Crippen LogP contribution in [0, 0.1) is 6.92 Å². The second kappa shape index (κ2) is 5.94. The minimum absolute atomic E-state index is 0.160. The van der Waals surface area contributed by atoms with E-state index in [1.54, 1.807) is 24.1 Å². The lowest BCUT2D eigenvalue weighted by atomic mass is 10.1. The molecular formula is C18H20N2O3S. The van der Waals surface area contributed by atoms with Gasteiger partial charge in [-0.05, 0) is 42.7 Å². The molecule has 0 saturated carbocycles. The van der Waals surface area contributed by atoms with Crippen molar-refractivity contribution < 1.29 is 13.2 Å². The number of carbonyl (C=O) groups excluding carboxylic acids is 1. The van der Waals surface area contributed by atoms with E-state index in [1.165, 1.54) is 10.6 Å². The van der Waals surface area contributed by atoms with E-state index < -0.39 is 10.0 Å². The maximum absolute atomic E-state index is 12.8. The maximum Gasteiger partial charge on any atom is 0.258 e. The third kappa shape index (κ3) is 2.89. The fourth-order valence-corrected chi connectivity index (χ4v) is 4.02. The van der Waals surface area contributed by atoms with E-state index in [1.807, 2.05) is 37.3 Å². The third-order valence-corrected chi connectivity index (χ3v) is 5.55. The highest BCUT2D eigenvalue weighted by molar-refractivity contribution is 7.92. The van der Waals surface area contributed by atoms with Gasteiger partial charge in [-0.1, -0.05) is 24.3 Å². The highest BCUT2D eigenvalue weighted by atomic mass is 32.2. The van der Waals surface area contributed by atoms with Crippen LogP contribution in [0.4, 0.5) is 11.4 Å². The monoisotopic (exact) mass is 344 g/mol. The van der Waals surface area contributed by atoms with Gasteiger partial charge in [0.05, 0.1) is 11.9 Å². The van der Waals surface area contributed by atoms with Crippen LogP contribution < -0.4 is 9.21 Å². The Bertz CT molecular complexity index is 906. The van der Waals surface area contributed by atoms with Gasteiger partial charge in [-0.15, -0.1) is 0 Å². The fourth-order valence-electron chi connectivity index (χ4n) is 3.07. The topological polar surface area (TPSA) is 57.7 Å². The number of anilines is 2. The zero-order valence-corrected chi connectivity index (χ0v) is 14.8. The minimum atomic E-state index is -3.33. The minimum Gasteiger partial charge on any atom is -0.311 e. The summed E-state index contributed by atoms with van der Waals surface area (Å²) in [6, 6.07) is 13.0. The van der Waals surface area contributed by atoms with Gasteiger partial charge in [0.2, 0.25) is 10.0 Å². The van der Waals surface area contributed by atoms with Gasteiger partial charge < -0.3 is 4.90 Å². The number of hydrogen-bond donors (Lipinski definition) is 0. The lowest BCUT2D eigenvalue weighted by molar-refractivity contribution is 0.0993. The Balaban J connectivity index is 1.97. The molecule has 0 saturated heterocycles. The number of rotatable bonds is 3. The predicted molar refractivity (Wildman–Crippen MR) is 96.2 cm³/mol. The second-order valence-electron chi connectivity index (χ2n) is 6.08. The lowest BCUT2D eigenvalue weighted by Gasteiger charge is -2.21. The molecule has 0 bridgehead atoms. The van der Waals surface area contributed by atoms with Crippen LogP contribution in [0.15, 0.2) is 42.5 Å². The van der Waals surface area contributed by atoms with Crippen LogP contribution in [0.3, 0.4) is 0 Å². The number of amides is 1. The molecule has 24 heavy (non-hydrogen) atoms. The van der Waals surface area contributed by atoms with Crippen LogP contribution in [0.25, 0.3) is 0 Å². The maximum atomic E-state index is 12.8. The Kier molecular flexibility index (Phi) is 4.09. The van der Waals surface area contributed by atoms with Crippen molar-refractivity contribution in [3.05, 3.63) is 59.2 Å². The molecule has 0 aliphatic carbocycles. The molecule has 0 N–H and O–H groups in total. The summed E-state index contributed by atoms with van der Waals surface area (Å²) in [4.78, 5) is 14.4. The zero-order valence-electron chi connectivity index (χ0n) is 14.0. The molecule has 1 aliphatic heterocycles. The number of para-hydroxylation sites is 1. The molecule has 6 heteroatoms. The predicted octanol–water partition coefficient (Wildman–Crippen LogP) is 2.59. The Morgan fingerprint density at radius 2 is 1.88 bits per heavy atom. The van der Waals surface area contributed by atoms with Crippen molar-refractivity contribution in [2.75, 3.05) is 29.1 Å². The Morgan fingerprint density at radius 3 is 2.54 bits per heavy atom. The zero-order chi connectivity index (χ0) is 17.5. The summed E-state index contributed by atoms with van der Waals surface area (Å²) in [6.07, 6.45) is 1.86. The van der Waals surface area contributed by atoms with Crippen molar-refractivity contribution in [3.63, 3.8) is 0 Å². The van der Waals surface area contributed by atoms with Gasteiger partial charge in [-0.25, -0.2) is 8.42 Å². The van der Waals surface area contributed by atoms with Gasteiger partial charge in [-0.3, -0.25) is 9.10 Å². The molecule has 2 aromatic carbocycles. The summed E-state index contributed by atoms with van der Waals surface area (Å²) in [5.41, 5.74) is 3.89. The summed E-state index contributed by atoms with van der Waals surface area (Å²) in [5.74, 6) is -0.160. The Morgan fingerprint density at radius 1 is 1.17 bits per heavy atom. The van der Waals surface area contributed by atoms with Gasteiger partial charge in [0, 0.05) is 24.8 Å². The lowest BCUT2D eigenvalue weighted by Crippen LogP contribution is -2.29. The summed E-state index contributed by atoms with van der Waals surface area (Å²) >= 11 is 0. The quantitative estimate of drug-likeness (QED) is 0.860. The first-order chi connectivity index (χ1) is 11.3.